The third-order valence-electron chi connectivity index (χ3n) is 2.81. The molecule has 1 aromatic carbocycles. The first kappa shape index (κ1) is 10.0. The largest absolute Gasteiger partial charge is 0.383 e. The van der Waals surface area contributed by atoms with Crippen LogP contribution < -0.4 is 5.32 Å². The third kappa shape index (κ3) is 2.12. The van der Waals surface area contributed by atoms with Gasteiger partial charge in [-0.1, -0.05) is 32.4 Å². The van der Waals surface area contributed by atoms with Crippen molar-refractivity contribution in [3.8, 4) is 0 Å². The van der Waals surface area contributed by atoms with Crippen molar-refractivity contribution in [3.05, 3.63) is 24.4 Å². The molecule has 0 saturated carbocycles. The Kier molecular flexibility index (Phi) is 2.90. The highest BCUT2D eigenvalue weighted by Gasteiger charge is 2.03. The average Bonchev–Trinajstić information content (AvgIpc) is 2.74. The van der Waals surface area contributed by atoms with E-state index in [1.165, 1.54) is 6.42 Å². The maximum absolute atomic E-state index is 4.04. The predicted molar refractivity (Wildman–Crippen MR) is 64.0 cm³/mol. The number of aromatic nitrogens is 2. The second kappa shape index (κ2) is 4.34. The number of aromatic amines is 1. The minimum absolute atomic E-state index is 0.697. The van der Waals surface area contributed by atoms with Crippen LogP contribution in [0.5, 0.6) is 0 Å². The molecule has 3 heteroatoms. The molecule has 2 aromatic rings. The number of anilines is 1. The average molecular weight is 203 g/mol. The first-order chi connectivity index (χ1) is 7.31. The van der Waals surface area contributed by atoms with Crippen LogP contribution in [0.25, 0.3) is 10.9 Å². The molecule has 0 bridgehead atoms. The van der Waals surface area contributed by atoms with Gasteiger partial charge < -0.3 is 5.32 Å². The lowest BCUT2D eigenvalue weighted by Crippen LogP contribution is -2.10. The minimum atomic E-state index is 0.697. The summed E-state index contributed by atoms with van der Waals surface area (Å²) in [6.45, 7) is 5.47. The SMILES string of the molecule is CCC(C)CNc1cccc2cn[nH]c12. The molecule has 2 rings (SSSR count). The zero-order valence-electron chi connectivity index (χ0n) is 9.25. The maximum atomic E-state index is 4.04. The number of nitrogens with zero attached hydrogens (tertiary/aromatic N) is 1. The molecule has 0 aliphatic heterocycles. The molecule has 0 amide bonds. The topological polar surface area (TPSA) is 40.7 Å². The standard InChI is InChI=1S/C12H17N3/c1-3-9(2)7-13-11-6-4-5-10-8-14-15-12(10)11/h4-6,8-9,13H,3,7H2,1-2H3,(H,14,15). The van der Waals surface area contributed by atoms with Gasteiger partial charge in [-0.25, -0.2) is 0 Å². The zero-order valence-corrected chi connectivity index (χ0v) is 9.25. The third-order valence-corrected chi connectivity index (χ3v) is 2.81. The summed E-state index contributed by atoms with van der Waals surface area (Å²) in [5, 5.41) is 11.7. The lowest BCUT2D eigenvalue weighted by molar-refractivity contribution is 0.594. The summed E-state index contributed by atoms with van der Waals surface area (Å²) in [4.78, 5) is 0. The highest BCUT2D eigenvalue weighted by atomic mass is 15.1. The van der Waals surface area contributed by atoms with Crippen molar-refractivity contribution >= 4 is 16.6 Å². The summed E-state index contributed by atoms with van der Waals surface area (Å²) in [6.07, 6.45) is 3.05. The number of hydrogen-bond donors (Lipinski definition) is 2. The normalized spacial score (nSPS) is 12.9. The molecule has 1 atom stereocenters. The van der Waals surface area contributed by atoms with Gasteiger partial charge in [-0.2, -0.15) is 5.10 Å². The predicted octanol–water partition coefficient (Wildman–Crippen LogP) is 3.02. The highest BCUT2D eigenvalue weighted by molar-refractivity contribution is 5.89. The van der Waals surface area contributed by atoms with Gasteiger partial charge in [0.25, 0.3) is 0 Å². The molecular weight excluding hydrogens is 186 g/mol. The lowest BCUT2D eigenvalue weighted by Gasteiger charge is -2.11. The van der Waals surface area contributed by atoms with Crippen LogP contribution in [0.2, 0.25) is 0 Å². The summed E-state index contributed by atoms with van der Waals surface area (Å²) in [7, 11) is 0. The lowest BCUT2D eigenvalue weighted by atomic mass is 10.1. The Balaban J connectivity index is 2.17. The van der Waals surface area contributed by atoms with E-state index in [9.17, 15) is 0 Å². The number of hydrogen-bond acceptors (Lipinski definition) is 2. The molecule has 15 heavy (non-hydrogen) atoms. The van der Waals surface area contributed by atoms with Crippen LogP contribution in [0.4, 0.5) is 5.69 Å². The fourth-order valence-electron chi connectivity index (χ4n) is 1.54. The highest BCUT2D eigenvalue weighted by Crippen LogP contribution is 2.20. The van der Waals surface area contributed by atoms with E-state index in [1.807, 2.05) is 6.20 Å². The molecule has 0 spiro atoms. The quantitative estimate of drug-likeness (QED) is 0.802. The van der Waals surface area contributed by atoms with Gasteiger partial charge in [0.2, 0.25) is 0 Å². The number of para-hydroxylation sites is 1. The van der Waals surface area contributed by atoms with Gasteiger partial charge in [0, 0.05) is 11.9 Å². The molecule has 3 nitrogen and oxygen atoms in total. The minimum Gasteiger partial charge on any atom is -0.383 e. The summed E-state index contributed by atoms with van der Waals surface area (Å²) in [6, 6.07) is 6.20. The van der Waals surface area contributed by atoms with Gasteiger partial charge in [0.15, 0.2) is 0 Å². The van der Waals surface area contributed by atoms with E-state index in [-0.39, 0.29) is 0 Å². The molecule has 0 aliphatic rings. The van der Waals surface area contributed by atoms with Crippen molar-refractivity contribution < 1.29 is 0 Å². The van der Waals surface area contributed by atoms with Gasteiger partial charge in [0.05, 0.1) is 17.4 Å². The molecular formula is C12H17N3. The number of rotatable bonds is 4. The summed E-state index contributed by atoms with van der Waals surface area (Å²) >= 11 is 0. The number of benzene rings is 1. The molecule has 0 saturated heterocycles. The molecule has 80 valence electrons. The van der Waals surface area contributed by atoms with E-state index in [1.54, 1.807) is 0 Å². The van der Waals surface area contributed by atoms with E-state index < -0.39 is 0 Å². The van der Waals surface area contributed by atoms with Gasteiger partial charge in [-0.15, -0.1) is 0 Å². The van der Waals surface area contributed by atoms with Crippen molar-refractivity contribution in [2.75, 3.05) is 11.9 Å². The van der Waals surface area contributed by atoms with Crippen LogP contribution in [0.3, 0.4) is 0 Å². The Hall–Kier alpha value is -1.51. The van der Waals surface area contributed by atoms with E-state index in [4.69, 9.17) is 0 Å². The van der Waals surface area contributed by atoms with Crippen LogP contribution in [-0.2, 0) is 0 Å². The van der Waals surface area contributed by atoms with Crippen LogP contribution in [-0.4, -0.2) is 16.7 Å². The van der Waals surface area contributed by atoms with Gasteiger partial charge in [-0.3, -0.25) is 5.10 Å². The Morgan fingerprint density at radius 1 is 1.47 bits per heavy atom. The monoisotopic (exact) mass is 203 g/mol. The first-order valence-corrected chi connectivity index (χ1v) is 5.47. The summed E-state index contributed by atoms with van der Waals surface area (Å²) in [5.74, 6) is 0.697. The molecule has 0 radical (unpaired) electrons. The summed E-state index contributed by atoms with van der Waals surface area (Å²) < 4.78 is 0. The van der Waals surface area contributed by atoms with Crippen LogP contribution in [0.1, 0.15) is 20.3 Å². The van der Waals surface area contributed by atoms with Crippen LogP contribution >= 0.6 is 0 Å². The Bertz CT molecular complexity index is 433. The van der Waals surface area contributed by atoms with Crippen molar-refractivity contribution in [2.24, 2.45) is 5.92 Å². The fourth-order valence-corrected chi connectivity index (χ4v) is 1.54. The molecule has 1 unspecified atom stereocenters. The second-order valence-corrected chi connectivity index (χ2v) is 4.03. The van der Waals surface area contributed by atoms with E-state index in [0.29, 0.717) is 5.92 Å². The number of H-pyrrole nitrogens is 1. The van der Waals surface area contributed by atoms with E-state index >= 15 is 0 Å². The smallest absolute Gasteiger partial charge is 0.0881 e. The van der Waals surface area contributed by atoms with Crippen LogP contribution in [0.15, 0.2) is 24.4 Å². The second-order valence-electron chi connectivity index (χ2n) is 4.03. The molecule has 1 aromatic heterocycles. The molecule has 2 N–H and O–H groups in total. The molecule has 1 heterocycles. The summed E-state index contributed by atoms with van der Waals surface area (Å²) in [5.41, 5.74) is 2.24. The van der Waals surface area contributed by atoms with Crippen molar-refractivity contribution in [3.63, 3.8) is 0 Å². The zero-order chi connectivity index (χ0) is 10.7. The van der Waals surface area contributed by atoms with Gasteiger partial charge in [0.1, 0.15) is 0 Å². The first-order valence-electron chi connectivity index (χ1n) is 5.47. The number of nitrogens with one attached hydrogen (secondary N) is 2. The van der Waals surface area contributed by atoms with Gasteiger partial charge >= 0.3 is 0 Å². The van der Waals surface area contributed by atoms with E-state index in [2.05, 4.69) is 47.6 Å². The van der Waals surface area contributed by atoms with Crippen molar-refractivity contribution in [1.29, 1.82) is 0 Å². The number of fused-ring (bicyclic) bond motifs is 1. The van der Waals surface area contributed by atoms with E-state index in [0.717, 1.165) is 23.1 Å². The van der Waals surface area contributed by atoms with Gasteiger partial charge in [-0.05, 0) is 12.0 Å². The Morgan fingerprint density at radius 2 is 2.33 bits per heavy atom. The fraction of sp³-hybridized carbons (Fsp3) is 0.417. The van der Waals surface area contributed by atoms with Crippen molar-refractivity contribution in [2.45, 2.75) is 20.3 Å². The Labute approximate surface area is 89.9 Å². The maximum Gasteiger partial charge on any atom is 0.0881 e. The Morgan fingerprint density at radius 3 is 3.13 bits per heavy atom. The molecule has 0 aliphatic carbocycles. The van der Waals surface area contributed by atoms with Crippen molar-refractivity contribution in [1.82, 2.24) is 10.2 Å². The molecule has 0 fully saturated rings. The van der Waals surface area contributed by atoms with Crippen LogP contribution in [0, 0.1) is 5.92 Å².